The summed E-state index contributed by atoms with van der Waals surface area (Å²) in [6, 6.07) is 69.5. The average Bonchev–Trinajstić information content (AvgIpc) is 3.89. The molecule has 330 valence electrons. The van der Waals surface area contributed by atoms with Crippen molar-refractivity contribution in [3.05, 3.63) is 200 Å². The van der Waals surface area contributed by atoms with Crippen LogP contribution in [0, 0.1) is 6.92 Å². The zero-order valence-corrected chi connectivity index (χ0v) is 41.8. The van der Waals surface area contributed by atoms with E-state index in [1.165, 1.54) is 110 Å². The summed E-state index contributed by atoms with van der Waals surface area (Å²) >= 11 is 14.3. The fourth-order valence-electron chi connectivity index (χ4n) is 11.5. The van der Waals surface area contributed by atoms with Crippen LogP contribution in [-0.2, 0) is 23.6 Å². The van der Waals surface area contributed by atoms with Gasteiger partial charge in [-0.2, -0.15) is 0 Å². The average molecular weight is 951 g/mol. The predicted molar refractivity (Wildman–Crippen MR) is 301 cm³/mol. The van der Waals surface area contributed by atoms with Gasteiger partial charge < -0.3 is 14.0 Å². The van der Waals surface area contributed by atoms with Crippen LogP contribution in [0.2, 0.25) is 0 Å². The summed E-state index contributed by atoms with van der Waals surface area (Å²) in [6.45, 7) is 10.8. The van der Waals surface area contributed by atoms with Gasteiger partial charge in [-0.05, 0) is 138 Å². The number of aromatic nitrogens is 2. The van der Waals surface area contributed by atoms with Gasteiger partial charge in [0.2, 0.25) is 0 Å². The number of rotatable bonds is 7. The molecule has 2 atom stereocenters. The zero-order chi connectivity index (χ0) is 46.1. The fourth-order valence-corrected chi connectivity index (χ4v) is 19.6. The smallest absolute Gasteiger partial charge is 0.0751 e. The van der Waals surface area contributed by atoms with Gasteiger partial charge in [0.15, 0.2) is 0 Å². The standard InChI is InChI=1S/C60H48N4P2S2/c1-5-61(6-2)66(68)57-38-43(41-26-30-53-49(36-41)47-22-14-16-24-51(47)63(53)45-19-11-8-12-20-45)28-32-55(57)64-54-31-27-42(37-56(54)65(4,67)58-33-39(3)34-59(66)60(58)64)40-25-29-52-48(35-40)46-21-13-15-23-50(46)62(52)44-17-9-7-10-18-44/h7-38H,5-6H2,1-4H3. The molecule has 0 bridgehead atoms. The molecule has 2 unspecified atom stereocenters. The molecule has 8 heteroatoms. The van der Waals surface area contributed by atoms with Crippen LogP contribution in [0.3, 0.4) is 0 Å². The normalized spacial score (nSPS) is 17.3. The molecule has 9 aromatic carbocycles. The van der Waals surface area contributed by atoms with Gasteiger partial charge in [-0.3, -0.25) is 4.67 Å². The molecule has 68 heavy (non-hydrogen) atoms. The number of para-hydroxylation sites is 4. The van der Waals surface area contributed by atoms with E-state index in [0.717, 1.165) is 24.5 Å². The molecular formula is C60H48N4P2S2. The summed E-state index contributed by atoms with van der Waals surface area (Å²) in [6.07, 6.45) is -2.54. The van der Waals surface area contributed by atoms with Crippen molar-refractivity contribution in [3.8, 4) is 33.6 Å². The van der Waals surface area contributed by atoms with E-state index in [9.17, 15) is 0 Å². The summed E-state index contributed by atoms with van der Waals surface area (Å²) < 4.78 is 7.35. The van der Waals surface area contributed by atoms with Gasteiger partial charge in [0.25, 0.3) is 0 Å². The Bertz CT molecular complexity index is 4000. The third-order valence-corrected chi connectivity index (χ3v) is 23.6. The Morgan fingerprint density at radius 2 is 0.853 bits per heavy atom. The Morgan fingerprint density at radius 1 is 0.426 bits per heavy atom. The first-order valence-corrected chi connectivity index (χ1v) is 29.6. The van der Waals surface area contributed by atoms with Crippen molar-refractivity contribution in [1.82, 2.24) is 13.8 Å². The highest BCUT2D eigenvalue weighted by Crippen LogP contribution is 2.62. The van der Waals surface area contributed by atoms with E-state index in [2.05, 4.69) is 240 Å². The first kappa shape index (κ1) is 41.8. The second kappa shape index (κ2) is 15.6. The molecular weight excluding hydrogens is 903 g/mol. The Balaban J connectivity index is 0.998. The molecule has 0 amide bonds. The Hall–Kier alpha value is -6.36. The minimum absolute atomic E-state index is 0.861. The minimum Gasteiger partial charge on any atom is -0.309 e. The quantitative estimate of drug-likeness (QED) is 0.148. The van der Waals surface area contributed by atoms with E-state index in [1.807, 2.05) is 0 Å². The highest BCUT2D eigenvalue weighted by atomic mass is 32.4. The lowest BCUT2D eigenvalue weighted by atomic mass is 10.0. The fraction of sp³-hybridized carbons (Fsp3) is 0.100. The van der Waals surface area contributed by atoms with E-state index in [4.69, 9.17) is 23.6 Å². The SMILES string of the molecule is CCN(CC)P1(=S)c2cc(-c3ccc4c(c3)c3ccccc3n4-c3ccccc3)ccc2N2c3ccc(-c4ccc5c(c4)c4ccccc4n5-c4ccccc4)cc3P(C)(=S)c3cc(C)cc1c32. The van der Waals surface area contributed by atoms with Crippen molar-refractivity contribution in [2.45, 2.75) is 20.8 Å². The number of aryl methyl sites for hydroxylation is 1. The van der Waals surface area contributed by atoms with E-state index < -0.39 is 12.2 Å². The molecule has 2 aliphatic heterocycles. The van der Waals surface area contributed by atoms with Crippen LogP contribution in [0.5, 0.6) is 0 Å². The van der Waals surface area contributed by atoms with Crippen LogP contribution in [0.4, 0.5) is 17.1 Å². The summed E-state index contributed by atoms with van der Waals surface area (Å²) in [5.74, 6) is 0. The number of hydrogen-bond acceptors (Lipinski definition) is 3. The van der Waals surface area contributed by atoms with Crippen LogP contribution >= 0.6 is 12.2 Å². The number of benzene rings is 9. The molecule has 13 rings (SSSR count). The van der Waals surface area contributed by atoms with Gasteiger partial charge in [-0.25, -0.2) is 0 Å². The molecule has 11 aromatic rings. The highest BCUT2D eigenvalue weighted by molar-refractivity contribution is 8.22. The summed E-state index contributed by atoms with van der Waals surface area (Å²) in [4.78, 5) is 2.54. The lowest BCUT2D eigenvalue weighted by Crippen LogP contribution is -2.46. The lowest BCUT2D eigenvalue weighted by molar-refractivity contribution is 0.513. The predicted octanol–water partition coefficient (Wildman–Crippen LogP) is 14.4. The third-order valence-electron chi connectivity index (χ3n) is 14.6. The number of fused-ring (bicyclic) bond motifs is 10. The molecule has 0 aliphatic carbocycles. The monoisotopic (exact) mass is 950 g/mol. The van der Waals surface area contributed by atoms with E-state index in [0.29, 0.717) is 0 Å². The second-order valence-electron chi connectivity index (χ2n) is 18.4. The van der Waals surface area contributed by atoms with Crippen LogP contribution in [0.15, 0.2) is 194 Å². The molecule has 0 saturated carbocycles. The maximum Gasteiger partial charge on any atom is 0.0751 e. The van der Waals surface area contributed by atoms with Gasteiger partial charge in [0.1, 0.15) is 0 Å². The second-order valence-corrected chi connectivity index (χ2v) is 27.6. The molecule has 0 spiro atoms. The summed E-state index contributed by atoms with van der Waals surface area (Å²) in [5, 5.41) is 9.99. The summed E-state index contributed by atoms with van der Waals surface area (Å²) in [7, 11) is 0. The van der Waals surface area contributed by atoms with E-state index >= 15 is 0 Å². The van der Waals surface area contributed by atoms with Crippen molar-refractivity contribution in [3.63, 3.8) is 0 Å². The van der Waals surface area contributed by atoms with Gasteiger partial charge in [0.05, 0.1) is 45.3 Å². The highest BCUT2D eigenvalue weighted by Gasteiger charge is 2.46. The first-order chi connectivity index (χ1) is 33.2. The van der Waals surface area contributed by atoms with Crippen LogP contribution in [-0.4, -0.2) is 33.6 Å². The summed E-state index contributed by atoms with van der Waals surface area (Å²) in [5.41, 5.74) is 16.6. The van der Waals surface area contributed by atoms with Gasteiger partial charge in [-0.15, -0.1) is 0 Å². The van der Waals surface area contributed by atoms with Gasteiger partial charge >= 0.3 is 0 Å². The van der Waals surface area contributed by atoms with Crippen molar-refractivity contribution >= 4 is 118 Å². The molecule has 2 aromatic heterocycles. The zero-order valence-electron chi connectivity index (χ0n) is 38.4. The van der Waals surface area contributed by atoms with E-state index in [-0.39, 0.29) is 0 Å². The first-order valence-electron chi connectivity index (χ1n) is 23.5. The van der Waals surface area contributed by atoms with Crippen LogP contribution in [0.25, 0.3) is 77.2 Å². The molecule has 4 heterocycles. The number of hydrogen-bond donors (Lipinski definition) is 0. The minimum atomic E-state index is -2.54. The van der Waals surface area contributed by atoms with Crippen LogP contribution < -0.4 is 26.1 Å². The van der Waals surface area contributed by atoms with Crippen molar-refractivity contribution in [1.29, 1.82) is 0 Å². The van der Waals surface area contributed by atoms with Gasteiger partial charge in [-0.1, -0.05) is 135 Å². The molecule has 2 aliphatic rings. The number of nitrogens with zero attached hydrogens (tertiary/aromatic N) is 4. The Morgan fingerprint density at radius 3 is 1.38 bits per heavy atom. The molecule has 4 nitrogen and oxygen atoms in total. The van der Waals surface area contributed by atoms with Crippen molar-refractivity contribution in [2.75, 3.05) is 24.7 Å². The van der Waals surface area contributed by atoms with Gasteiger partial charge in [0, 0.05) is 73.3 Å². The Kier molecular flexibility index (Phi) is 9.58. The molecule has 0 saturated heterocycles. The Labute approximate surface area is 407 Å². The largest absolute Gasteiger partial charge is 0.309 e. The lowest BCUT2D eigenvalue weighted by Gasteiger charge is -2.48. The maximum atomic E-state index is 7.28. The third kappa shape index (κ3) is 5.95. The molecule has 0 fully saturated rings. The van der Waals surface area contributed by atoms with Crippen LogP contribution in [0.1, 0.15) is 19.4 Å². The molecule has 0 N–H and O–H groups in total. The van der Waals surface area contributed by atoms with Crippen molar-refractivity contribution < 1.29 is 0 Å². The molecule has 0 radical (unpaired) electrons. The number of anilines is 3. The van der Waals surface area contributed by atoms with Crippen molar-refractivity contribution in [2.24, 2.45) is 0 Å². The topological polar surface area (TPSA) is 16.3 Å². The van der Waals surface area contributed by atoms with E-state index in [1.54, 1.807) is 0 Å². The maximum absolute atomic E-state index is 7.28.